The molecule has 0 unspecified atom stereocenters. The van der Waals surface area contributed by atoms with Crippen LogP contribution in [-0.2, 0) is 9.53 Å². The molecular formula is C10H19NO2. The molecule has 3 nitrogen and oxygen atoms in total. The largest absolute Gasteiger partial charge is 0.469 e. The summed E-state index contributed by atoms with van der Waals surface area (Å²) in [6.07, 6.45) is 3.81. The van der Waals surface area contributed by atoms with E-state index in [0.717, 1.165) is 13.1 Å². The van der Waals surface area contributed by atoms with Crippen molar-refractivity contribution in [1.82, 2.24) is 4.90 Å². The molecule has 0 fully saturated rings. The van der Waals surface area contributed by atoms with Crippen LogP contribution in [0.2, 0.25) is 0 Å². The standard InChI is InChI=1S/C10H19NO2/c1-5-11(6-2)8-7-9(3)10(12)13-4/h7-9H,5-6H2,1-4H3/b8-7+/t9-/m1/s1. The van der Waals surface area contributed by atoms with Crippen LogP contribution in [0.25, 0.3) is 0 Å². The van der Waals surface area contributed by atoms with Crippen LogP contribution in [0, 0.1) is 5.92 Å². The van der Waals surface area contributed by atoms with Crippen molar-refractivity contribution in [3.63, 3.8) is 0 Å². The van der Waals surface area contributed by atoms with Gasteiger partial charge in [0.15, 0.2) is 0 Å². The Labute approximate surface area is 80.4 Å². The van der Waals surface area contributed by atoms with E-state index in [1.54, 1.807) is 0 Å². The van der Waals surface area contributed by atoms with E-state index in [1.165, 1.54) is 7.11 Å². The predicted molar refractivity (Wildman–Crippen MR) is 53.2 cm³/mol. The van der Waals surface area contributed by atoms with Gasteiger partial charge in [-0.1, -0.05) is 6.08 Å². The van der Waals surface area contributed by atoms with Crippen molar-refractivity contribution in [3.8, 4) is 0 Å². The zero-order valence-electron chi connectivity index (χ0n) is 8.91. The number of esters is 1. The normalized spacial score (nSPS) is 12.9. The molecule has 0 amide bonds. The summed E-state index contributed by atoms with van der Waals surface area (Å²) in [6.45, 7) is 7.90. The molecule has 0 aliphatic carbocycles. The molecule has 0 aliphatic rings. The summed E-state index contributed by atoms with van der Waals surface area (Å²) in [4.78, 5) is 13.1. The molecule has 0 saturated heterocycles. The molecule has 0 bridgehead atoms. The van der Waals surface area contributed by atoms with Crippen molar-refractivity contribution < 1.29 is 9.53 Å². The molecule has 1 atom stereocenters. The van der Waals surface area contributed by atoms with Crippen LogP contribution in [0.1, 0.15) is 20.8 Å². The van der Waals surface area contributed by atoms with E-state index < -0.39 is 0 Å². The average molecular weight is 185 g/mol. The van der Waals surface area contributed by atoms with Gasteiger partial charge >= 0.3 is 5.97 Å². The molecule has 3 heteroatoms. The second kappa shape index (κ2) is 6.52. The lowest BCUT2D eigenvalue weighted by Gasteiger charge is -2.15. The number of hydrogen-bond donors (Lipinski definition) is 0. The van der Waals surface area contributed by atoms with E-state index in [9.17, 15) is 4.79 Å². The third kappa shape index (κ3) is 4.55. The van der Waals surface area contributed by atoms with E-state index in [1.807, 2.05) is 19.2 Å². The van der Waals surface area contributed by atoms with Crippen LogP contribution < -0.4 is 0 Å². The molecule has 0 aromatic heterocycles. The molecule has 0 saturated carbocycles. The smallest absolute Gasteiger partial charge is 0.312 e. The summed E-state index contributed by atoms with van der Waals surface area (Å²) in [5, 5.41) is 0. The summed E-state index contributed by atoms with van der Waals surface area (Å²) < 4.78 is 4.60. The van der Waals surface area contributed by atoms with E-state index >= 15 is 0 Å². The molecule has 0 aromatic rings. The molecule has 0 aromatic carbocycles. The fraction of sp³-hybridized carbons (Fsp3) is 0.700. The number of carbonyl (C=O) groups is 1. The molecular weight excluding hydrogens is 166 g/mol. The quantitative estimate of drug-likeness (QED) is 0.610. The maximum absolute atomic E-state index is 11.0. The van der Waals surface area contributed by atoms with Crippen molar-refractivity contribution in [2.75, 3.05) is 20.2 Å². The van der Waals surface area contributed by atoms with Gasteiger partial charge in [0.1, 0.15) is 0 Å². The Morgan fingerprint density at radius 2 is 2.00 bits per heavy atom. The highest BCUT2D eigenvalue weighted by atomic mass is 16.5. The highest BCUT2D eigenvalue weighted by molar-refractivity contribution is 5.73. The van der Waals surface area contributed by atoms with Crippen molar-refractivity contribution >= 4 is 5.97 Å². The van der Waals surface area contributed by atoms with Crippen molar-refractivity contribution in [2.24, 2.45) is 5.92 Å². The Kier molecular flexibility index (Phi) is 6.02. The van der Waals surface area contributed by atoms with E-state index in [-0.39, 0.29) is 11.9 Å². The number of ether oxygens (including phenoxy) is 1. The molecule has 0 rings (SSSR count). The first-order valence-electron chi connectivity index (χ1n) is 4.65. The number of rotatable bonds is 5. The SMILES string of the molecule is CCN(/C=C/[C@@H](C)C(=O)OC)CC. The van der Waals surface area contributed by atoms with Gasteiger partial charge in [0.25, 0.3) is 0 Å². The molecule has 76 valence electrons. The van der Waals surface area contributed by atoms with Crippen LogP contribution in [0.5, 0.6) is 0 Å². The van der Waals surface area contributed by atoms with Gasteiger partial charge in [-0.3, -0.25) is 4.79 Å². The Balaban J connectivity index is 4.01. The Morgan fingerprint density at radius 1 is 1.46 bits per heavy atom. The minimum atomic E-state index is -0.191. The monoisotopic (exact) mass is 185 g/mol. The predicted octanol–water partition coefficient (Wildman–Crippen LogP) is 1.65. The molecule has 0 radical (unpaired) electrons. The Morgan fingerprint density at radius 3 is 2.38 bits per heavy atom. The Hall–Kier alpha value is -0.990. The van der Waals surface area contributed by atoms with Gasteiger partial charge in [-0.2, -0.15) is 0 Å². The van der Waals surface area contributed by atoms with Crippen molar-refractivity contribution in [1.29, 1.82) is 0 Å². The van der Waals surface area contributed by atoms with Crippen LogP contribution in [0.3, 0.4) is 0 Å². The van der Waals surface area contributed by atoms with Gasteiger partial charge in [-0.25, -0.2) is 0 Å². The lowest BCUT2D eigenvalue weighted by molar-refractivity contribution is -0.143. The minimum absolute atomic E-state index is 0.161. The maximum Gasteiger partial charge on any atom is 0.312 e. The minimum Gasteiger partial charge on any atom is -0.469 e. The van der Waals surface area contributed by atoms with Crippen LogP contribution in [0.4, 0.5) is 0 Å². The lowest BCUT2D eigenvalue weighted by atomic mass is 10.2. The number of hydrogen-bond acceptors (Lipinski definition) is 3. The van der Waals surface area contributed by atoms with Crippen LogP contribution >= 0.6 is 0 Å². The zero-order valence-corrected chi connectivity index (χ0v) is 8.91. The molecule has 0 N–H and O–H groups in total. The van der Waals surface area contributed by atoms with Crippen LogP contribution in [-0.4, -0.2) is 31.1 Å². The summed E-state index contributed by atoms with van der Waals surface area (Å²) >= 11 is 0. The zero-order chi connectivity index (χ0) is 10.3. The summed E-state index contributed by atoms with van der Waals surface area (Å²) in [7, 11) is 1.41. The highest BCUT2D eigenvalue weighted by Crippen LogP contribution is 2.01. The molecule has 0 aliphatic heterocycles. The molecule has 0 spiro atoms. The third-order valence-electron chi connectivity index (χ3n) is 1.97. The first kappa shape index (κ1) is 12.0. The van der Waals surface area contributed by atoms with Gasteiger partial charge in [0.05, 0.1) is 13.0 Å². The molecule has 13 heavy (non-hydrogen) atoms. The number of carbonyl (C=O) groups excluding carboxylic acids is 1. The fourth-order valence-electron chi connectivity index (χ4n) is 0.950. The Bertz CT molecular complexity index is 174. The lowest BCUT2D eigenvalue weighted by Crippen LogP contribution is -2.17. The first-order chi connectivity index (χ1) is 6.15. The van der Waals surface area contributed by atoms with Gasteiger partial charge in [0.2, 0.25) is 0 Å². The fourth-order valence-corrected chi connectivity index (χ4v) is 0.950. The van der Waals surface area contributed by atoms with Gasteiger partial charge in [-0.15, -0.1) is 0 Å². The topological polar surface area (TPSA) is 29.5 Å². The second-order valence-electron chi connectivity index (χ2n) is 2.87. The summed E-state index contributed by atoms with van der Waals surface area (Å²) in [6, 6.07) is 0. The van der Waals surface area contributed by atoms with E-state index in [4.69, 9.17) is 0 Å². The third-order valence-corrected chi connectivity index (χ3v) is 1.97. The highest BCUT2D eigenvalue weighted by Gasteiger charge is 2.08. The average Bonchev–Trinajstić information content (AvgIpc) is 2.17. The van der Waals surface area contributed by atoms with Gasteiger partial charge in [-0.05, 0) is 27.0 Å². The summed E-state index contributed by atoms with van der Waals surface area (Å²) in [5.74, 6) is -0.353. The van der Waals surface area contributed by atoms with E-state index in [2.05, 4.69) is 23.5 Å². The number of methoxy groups -OCH3 is 1. The van der Waals surface area contributed by atoms with Gasteiger partial charge in [0, 0.05) is 13.1 Å². The van der Waals surface area contributed by atoms with Crippen LogP contribution in [0.15, 0.2) is 12.3 Å². The number of nitrogens with zero attached hydrogens (tertiary/aromatic N) is 1. The summed E-state index contributed by atoms with van der Waals surface area (Å²) in [5.41, 5.74) is 0. The van der Waals surface area contributed by atoms with Crippen molar-refractivity contribution in [2.45, 2.75) is 20.8 Å². The maximum atomic E-state index is 11.0. The van der Waals surface area contributed by atoms with Gasteiger partial charge < -0.3 is 9.64 Å². The first-order valence-corrected chi connectivity index (χ1v) is 4.65. The van der Waals surface area contributed by atoms with E-state index in [0.29, 0.717) is 0 Å². The second-order valence-corrected chi connectivity index (χ2v) is 2.87. The molecule has 0 heterocycles. The van der Waals surface area contributed by atoms with Crippen molar-refractivity contribution in [3.05, 3.63) is 12.3 Å².